The smallest absolute Gasteiger partial charge is 0.124 e. The molecule has 4 nitrogen and oxygen atoms in total. The van der Waals surface area contributed by atoms with Crippen molar-refractivity contribution in [3.05, 3.63) is 34.3 Å². The highest BCUT2D eigenvalue weighted by Gasteiger charge is 2.16. The summed E-state index contributed by atoms with van der Waals surface area (Å²) in [6, 6.07) is 2.13. The SMILES string of the molecule is COc1c(C)cc(-c2nc(CN)[nH]c2C)c(C)c1C. The molecule has 0 radical (unpaired) electrons. The summed E-state index contributed by atoms with van der Waals surface area (Å²) in [6.07, 6.45) is 0. The number of H-pyrrole nitrogens is 1. The van der Waals surface area contributed by atoms with Crippen LogP contribution in [0.15, 0.2) is 6.07 Å². The van der Waals surface area contributed by atoms with Crippen molar-refractivity contribution in [2.45, 2.75) is 34.2 Å². The Hall–Kier alpha value is -1.81. The van der Waals surface area contributed by atoms with Gasteiger partial charge in [0.2, 0.25) is 0 Å². The molecule has 0 aliphatic carbocycles. The number of aryl methyl sites for hydroxylation is 2. The molecule has 0 bridgehead atoms. The van der Waals surface area contributed by atoms with Crippen LogP contribution in [-0.4, -0.2) is 17.1 Å². The van der Waals surface area contributed by atoms with E-state index in [2.05, 4.69) is 36.8 Å². The first-order chi connectivity index (χ1) is 8.99. The number of hydrogen-bond donors (Lipinski definition) is 2. The van der Waals surface area contributed by atoms with Gasteiger partial charge in [0, 0.05) is 11.3 Å². The van der Waals surface area contributed by atoms with Gasteiger partial charge in [-0.3, -0.25) is 0 Å². The molecule has 0 fully saturated rings. The molecule has 3 N–H and O–H groups in total. The maximum absolute atomic E-state index is 5.64. The lowest BCUT2D eigenvalue weighted by atomic mass is 9.96. The largest absolute Gasteiger partial charge is 0.496 e. The van der Waals surface area contributed by atoms with Crippen LogP contribution in [0.1, 0.15) is 28.2 Å². The molecule has 2 rings (SSSR count). The molecular weight excluding hydrogens is 238 g/mol. The summed E-state index contributed by atoms with van der Waals surface area (Å²) < 4.78 is 5.46. The van der Waals surface area contributed by atoms with Crippen LogP contribution in [-0.2, 0) is 6.54 Å². The number of benzene rings is 1. The van der Waals surface area contributed by atoms with Gasteiger partial charge in [-0.05, 0) is 50.5 Å². The predicted octanol–water partition coefficient (Wildman–Crippen LogP) is 2.78. The molecule has 2 aromatic rings. The average molecular weight is 259 g/mol. The molecule has 1 aromatic heterocycles. The van der Waals surface area contributed by atoms with Crippen LogP contribution in [0.4, 0.5) is 0 Å². The second kappa shape index (κ2) is 5.05. The molecule has 0 amide bonds. The highest BCUT2D eigenvalue weighted by atomic mass is 16.5. The van der Waals surface area contributed by atoms with Crippen molar-refractivity contribution in [3.8, 4) is 17.0 Å². The molecular formula is C15H21N3O. The minimum absolute atomic E-state index is 0.425. The first-order valence-corrected chi connectivity index (χ1v) is 6.40. The summed E-state index contributed by atoms with van der Waals surface area (Å²) in [5.41, 5.74) is 12.3. The van der Waals surface area contributed by atoms with Gasteiger partial charge in [-0.1, -0.05) is 0 Å². The average Bonchev–Trinajstić information content (AvgIpc) is 2.76. The second-order valence-electron chi connectivity index (χ2n) is 4.89. The lowest BCUT2D eigenvalue weighted by Gasteiger charge is -2.15. The standard InChI is InChI=1S/C15H21N3O/c1-8-6-12(9(2)10(3)15(8)19-5)14-11(4)17-13(7-16)18-14/h6H,7,16H2,1-5H3,(H,17,18). The van der Waals surface area contributed by atoms with Crippen molar-refractivity contribution < 1.29 is 4.74 Å². The topological polar surface area (TPSA) is 63.9 Å². The Morgan fingerprint density at radius 2 is 1.89 bits per heavy atom. The number of aromatic nitrogens is 2. The summed E-state index contributed by atoms with van der Waals surface area (Å²) in [7, 11) is 1.71. The van der Waals surface area contributed by atoms with E-state index in [1.54, 1.807) is 7.11 Å². The van der Waals surface area contributed by atoms with Gasteiger partial charge in [0.15, 0.2) is 0 Å². The molecule has 102 valence electrons. The third-order valence-corrected chi connectivity index (χ3v) is 3.61. The Bertz CT molecular complexity index is 614. The van der Waals surface area contributed by atoms with Crippen LogP contribution in [0.2, 0.25) is 0 Å². The molecule has 0 unspecified atom stereocenters. The molecule has 4 heteroatoms. The second-order valence-corrected chi connectivity index (χ2v) is 4.89. The van der Waals surface area contributed by atoms with Gasteiger partial charge in [-0.25, -0.2) is 4.98 Å². The Labute approximate surface area is 114 Å². The third-order valence-electron chi connectivity index (χ3n) is 3.61. The van der Waals surface area contributed by atoms with Gasteiger partial charge in [-0.15, -0.1) is 0 Å². The van der Waals surface area contributed by atoms with Crippen molar-refractivity contribution in [1.29, 1.82) is 0 Å². The summed E-state index contributed by atoms with van der Waals surface area (Å²) in [4.78, 5) is 7.80. The fourth-order valence-electron chi connectivity index (χ4n) is 2.50. The lowest BCUT2D eigenvalue weighted by Crippen LogP contribution is -1.99. The van der Waals surface area contributed by atoms with Gasteiger partial charge in [0.25, 0.3) is 0 Å². The van der Waals surface area contributed by atoms with Crippen LogP contribution in [0.25, 0.3) is 11.3 Å². The number of nitrogens with zero attached hydrogens (tertiary/aromatic N) is 1. The van der Waals surface area contributed by atoms with E-state index in [0.29, 0.717) is 6.54 Å². The van der Waals surface area contributed by atoms with Crippen LogP contribution in [0, 0.1) is 27.7 Å². The zero-order chi connectivity index (χ0) is 14.2. The summed E-state index contributed by atoms with van der Waals surface area (Å²) in [5.74, 6) is 1.77. The molecule has 0 aliphatic heterocycles. The Morgan fingerprint density at radius 3 is 2.42 bits per heavy atom. The van der Waals surface area contributed by atoms with Gasteiger partial charge in [0.1, 0.15) is 11.6 Å². The van der Waals surface area contributed by atoms with Gasteiger partial charge >= 0.3 is 0 Å². The number of ether oxygens (including phenoxy) is 1. The first-order valence-electron chi connectivity index (χ1n) is 6.40. The van der Waals surface area contributed by atoms with E-state index >= 15 is 0 Å². The van der Waals surface area contributed by atoms with Crippen molar-refractivity contribution in [2.75, 3.05) is 7.11 Å². The summed E-state index contributed by atoms with van der Waals surface area (Å²) in [5, 5.41) is 0. The quantitative estimate of drug-likeness (QED) is 0.890. The minimum atomic E-state index is 0.425. The minimum Gasteiger partial charge on any atom is -0.496 e. The van der Waals surface area contributed by atoms with Crippen molar-refractivity contribution in [3.63, 3.8) is 0 Å². The van der Waals surface area contributed by atoms with Crippen LogP contribution < -0.4 is 10.5 Å². The molecule has 0 saturated heterocycles. The number of nitrogens with one attached hydrogen (secondary N) is 1. The number of imidazole rings is 1. The van der Waals surface area contributed by atoms with Crippen molar-refractivity contribution in [1.82, 2.24) is 9.97 Å². The van der Waals surface area contributed by atoms with Crippen LogP contribution >= 0.6 is 0 Å². The highest BCUT2D eigenvalue weighted by molar-refractivity contribution is 5.70. The van der Waals surface area contributed by atoms with Gasteiger partial charge in [-0.2, -0.15) is 0 Å². The molecule has 0 aliphatic rings. The Kier molecular flexibility index (Phi) is 3.62. The van der Waals surface area contributed by atoms with E-state index in [-0.39, 0.29) is 0 Å². The molecule has 19 heavy (non-hydrogen) atoms. The molecule has 0 saturated carbocycles. The predicted molar refractivity (Wildman–Crippen MR) is 77.4 cm³/mol. The number of methoxy groups -OCH3 is 1. The highest BCUT2D eigenvalue weighted by Crippen LogP contribution is 2.34. The van der Waals surface area contributed by atoms with Crippen molar-refractivity contribution in [2.24, 2.45) is 5.73 Å². The molecule has 0 spiro atoms. The van der Waals surface area contributed by atoms with Crippen LogP contribution in [0.5, 0.6) is 5.75 Å². The van der Waals surface area contributed by atoms with E-state index in [1.807, 2.05) is 6.92 Å². The number of hydrogen-bond acceptors (Lipinski definition) is 3. The lowest BCUT2D eigenvalue weighted by molar-refractivity contribution is 0.408. The Balaban J connectivity index is 2.66. The fraction of sp³-hybridized carbons (Fsp3) is 0.400. The zero-order valence-corrected chi connectivity index (χ0v) is 12.2. The number of aromatic amines is 1. The van der Waals surface area contributed by atoms with E-state index in [4.69, 9.17) is 10.5 Å². The monoisotopic (exact) mass is 259 g/mol. The van der Waals surface area contributed by atoms with E-state index in [0.717, 1.165) is 39.7 Å². The molecule has 1 aromatic carbocycles. The first kappa shape index (κ1) is 13.6. The number of rotatable bonds is 3. The third kappa shape index (κ3) is 2.24. The van der Waals surface area contributed by atoms with Crippen LogP contribution in [0.3, 0.4) is 0 Å². The van der Waals surface area contributed by atoms with E-state index in [1.165, 1.54) is 5.56 Å². The zero-order valence-electron chi connectivity index (χ0n) is 12.2. The summed E-state index contributed by atoms with van der Waals surface area (Å²) in [6.45, 7) is 8.68. The Morgan fingerprint density at radius 1 is 1.21 bits per heavy atom. The fourth-order valence-corrected chi connectivity index (χ4v) is 2.50. The summed E-state index contributed by atoms with van der Waals surface area (Å²) >= 11 is 0. The van der Waals surface area contributed by atoms with Crippen molar-refractivity contribution >= 4 is 0 Å². The number of nitrogens with two attached hydrogens (primary N) is 1. The van der Waals surface area contributed by atoms with Gasteiger partial charge < -0.3 is 15.5 Å². The molecule has 0 atom stereocenters. The molecule has 1 heterocycles. The normalized spacial score (nSPS) is 10.8. The maximum atomic E-state index is 5.64. The van der Waals surface area contributed by atoms with E-state index < -0.39 is 0 Å². The maximum Gasteiger partial charge on any atom is 0.124 e. The van der Waals surface area contributed by atoms with E-state index in [9.17, 15) is 0 Å². The van der Waals surface area contributed by atoms with Gasteiger partial charge in [0.05, 0.1) is 19.3 Å².